The second kappa shape index (κ2) is 41.1. The van der Waals surface area contributed by atoms with Crippen molar-refractivity contribution in [1.29, 1.82) is 0 Å². The van der Waals surface area contributed by atoms with Gasteiger partial charge in [0.25, 0.3) is 0 Å². The highest BCUT2D eigenvalue weighted by Gasteiger charge is 2.25. The van der Waals surface area contributed by atoms with Gasteiger partial charge in [-0.05, 0) is 70.6 Å². The van der Waals surface area contributed by atoms with E-state index in [0.717, 1.165) is 51.4 Å². The number of esters is 1. The van der Waals surface area contributed by atoms with Crippen molar-refractivity contribution in [2.24, 2.45) is 5.73 Å². The van der Waals surface area contributed by atoms with Crippen molar-refractivity contribution in [1.82, 2.24) is 0 Å². The van der Waals surface area contributed by atoms with E-state index in [4.69, 9.17) is 24.3 Å². The van der Waals surface area contributed by atoms with E-state index >= 15 is 0 Å². The van der Waals surface area contributed by atoms with Gasteiger partial charge in [0.05, 0.1) is 26.4 Å². The maximum atomic E-state index is 12.6. The van der Waals surface area contributed by atoms with Crippen LogP contribution in [0.4, 0.5) is 0 Å². The molecule has 0 aliphatic heterocycles. The van der Waals surface area contributed by atoms with Crippen LogP contribution in [0, 0.1) is 0 Å². The highest BCUT2D eigenvalue weighted by atomic mass is 31.2. The highest BCUT2D eigenvalue weighted by Crippen LogP contribution is 2.43. The molecule has 0 bridgehead atoms. The topological polar surface area (TPSA) is 117 Å². The van der Waals surface area contributed by atoms with Gasteiger partial charge in [-0.25, -0.2) is 4.57 Å². The predicted octanol–water partition coefficient (Wildman–Crippen LogP) is 12.4. The lowest BCUT2D eigenvalue weighted by Gasteiger charge is -2.19. The van der Waals surface area contributed by atoms with Crippen molar-refractivity contribution < 1.29 is 32.8 Å². The molecule has 8 nitrogen and oxygen atoms in total. The lowest BCUT2D eigenvalue weighted by Crippen LogP contribution is -2.28. The van der Waals surface area contributed by atoms with Gasteiger partial charge in [0, 0.05) is 13.0 Å². The van der Waals surface area contributed by atoms with Crippen LogP contribution in [0.1, 0.15) is 162 Å². The largest absolute Gasteiger partial charge is 0.472 e. The first-order chi connectivity index (χ1) is 25.9. The van der Waals surface area contributed by atoms with Gasteiger partial charge in [-0.1, -0.05) is 157 Å². The normalized spacial score (nSPS) is 14.3. The fourth-order valence-corrected chi connectivity index (χ4v) is 6.11. The maximum absolute atomic E-state index is 12.6. The molecule has 0 fully saturated rings. The summed E-state index contributed by atoms with van der Waals surface area (Å²) in [5.41, 5.74) is 5.36. The minimum Gasteiger partial charge on any atom is -0.457 e. The van der Waals surface area contributed by atoms with E-state index < -0.39 is 13.9 Å². The third-order valence-electron chi connectivity index (χ3n) is 8.38. The molecule has 0 aromatic heterocycles. The molecule has 9 heteroatoms. The van der Waals surface area contributed by atoms with Crippen molar-refractivity contribution in [2.45, 2.75) is 168 Å². The average molecular weight is 764 g/mol. The summed E-state index contributed by atoms with van der Waals surface area (Å²) in [7, 11) is -4.30. The quantitative estimate of drug-likeness (QED) is 0.0275. The molecule has 0 saturated carbocycles. The number of ether oxygens (including phenoxy) is 2. The number of hydrogen-bond donors (Lipinski definition) is 2. The van der Waals surface area contributed by atoms with E-state index in [1.165, 1.54) is 83.5 Å². The Bertz CT molecular complexity index is 1040. The number of unbranched alkanes of at least 4 members (excludes halogenated alkanes) is 14. The van der Waals surface area contributed by atoms with Crippen molar-refractivity contribution in [3.63, 3.8) is 0 Å². The van der Waals surface area contributed by atoms with Crippen molar-refractivity contribution >= 4 is 13.8 Å². The predicted molar refractivity (Wildman–Crippen MR) is 224 cm³/mol. The number of hydrogen-bond acceptors (Lipinski definition) is 7. The number of allylic oxidation sites excluding steroid dienone is 11. The van der Waals surface area contributed by atoms with Gasteiger partial charge in [-0.2, -0.15) is 0 Å². The number of carbonyl (C=O) groups excluding carboxylic acids is 1. The summed E-state index contributed by atoms with van der Waals surface area (Å²) in [6.45, 7) is 4.56. The number of phosphoric acid groups is 1. The van der Waals surface area contributed by atoms with E-state index in [9.17, 15) is 14.3 Å². The molecule has 0 aliphatic rings. The zero-order valence-electron chi connectivity index (χ0n) is 33.7. The van der Waals surface area contributed by atoms with E-state index in [0.29, 0.717) is 19.4 Å². The van der Waals surface area contributed by atoms with Gasteiger partial charge >= 0.3 is 13.8 Å². The van der Waals surface area contributed by atoms with Crippen molar-refractivity contribution in [3.05, 3.63) is 72.9 Å². The molecule has 0 heterocycles. The summed E-state index contributed by atoms with van der Waals surface area (Å²) in [5.74, 6) is -0.362. The summed E-state index contributed by atoms with van der Waals surface area (Å²) in [6, 6.07) is 0. The molecule has 306 valence electrons. The molecule has 3 N–H and O–H groups in total. The van der Waals surface area contributed by atoms with E-state index in [2.05, 4.69) is 80.7 Å². The molecule has 2 atom stereocenters. The van der Waals surface area contributed by atoms with Crippen LogP contribution in [0.2, 0.25) is 0 Å². The fourth-order valence-electron chi connectivity index (χ4n) is 5.35. The first kappa shape index (κ1) is 50.9. The SMILES string of the molecule is CC/C=C\C/C=C\C/C=C\C/C=C\C/C=C\CCOCC(COP(=O)(O)OCCN)OC(=O)CCCCCCCCC/C=C\CCCCCCCCC. The number of phosphoric ester groups is 1. The van der Waals surface area contributed by atoms with Gasteiger partial charge < -0.3 is 20.1 Å². The van der Waals surface area contributed by atoms with Gasteiger partial charge in [0.15, 0.2) is 0 Å². The van der Waals surface area contributed by atoms with Gasteiger partial charge in [0.1, 0.15) is 6.10 Å². The highest BCUT2D eigenvalue weighted by molar-refractivity contribution is 7.47. The summed E-state index contributed by atoms with van der Waals surface area (Å²) in [5, 5.41) is 0. The van der Waals surface area contributed by atoms with Crippen LogP contribution >= 0.6 is 7.82 Å². The van der Waals surface area contributed by atoms with Crippen LogP contribution in [0.3, 0.4) is 0 Å². The smallest absolute Gasteiger partial charge is 0.457 e. The zero-order chi connectivity index (χ0) is 38.8. The summed E-state index contributed by atoms with van der Waals surface area (Å²) >= 11 is 0. The molecule has 0 aromatic carbocycles. The Kier molecular flexibility index (Phi) is 39.5. The first-order valence-electron chi connectivity index (χ1n) is 20.9. The summed E-state index contributed by atoms with van der Waals surface area (Å²) in [4.78, 5) is 22.4. The lowest BCUT2D eigenvalue weighted by molar-refractivity contribution is -0.154. The maximum Gasteiger partial charge on any atom is 0.472 e. The molecule has 0 spiro atoms. The van der Waals surface area contributed by atoms with Crippen LogP contribution in [0.15, 0.2) is 72.9 Å². The standard InChI is InChI=1S/C44H78NO7P/c1-3-5-7-9-11-13-15-17-19-21-22-23-25-27-29-31-33-35-37-44(46)52-43(42-51-53(47,48)50-40-38-45)41-49-39-36-34-32-30-28-26-24-20-18-16-14-12-10-8-6-4-2/h6,8,12,14,18-21,26,28,32,34,43H,3-5,7,9-11,13,15-17,22-25,27,29-31,33,35-42,45H2,1-2H3,(H,47,48)/b8-6-,14-12-,20-18-,21-19-,28-26-,34-32-. The second-order valence-corrected chi connectivity index (χ2v) is 14.9. The minimum absolute atomic E-state index is 0.0572. The third-order valence-corrected chi connectivity index (χ3v) is 9.36. The van der Waals surface area contributed by atoms with E-state index in [1.807, 2.05) is 6.08 Å². The van der Waals surface area contributed by atoms with E-state index in [1.54, 1.807) is 0 Å². The molecular formula is C44H78NO7P. The zero-order valence-corrected chi connectivity index (χ0v) is 34.6. The third kappa shape index (κ3) is 41.0. The number of nitrogens with two attached hydrogens (primary N) is 1. The summed E-state index contributed by atoms with van der Waals surface area (Å²) < 4.78 is 33.3. The fraction of sp³-hybridized carbons (Fsp3) is 0.705. The molecule has 0 aromatic rings. The Labute approximate surface area is 325 Å². The number of rotatable bonds is 39. The van der Waals surface area contributed by atoms with Crippen LogP contribution in [0.5, 0.6) is 0 Å². The van der Waals surface area contributed by atoms with E-state index in [-0.39, 0.29) is 32.3 Å². The van der Waals surface area contributed by atoms with Gasteiger partial charge in [-0.3, -0.25) is 13.8 Å². The van der Waals surface area contributed by atoms with Gasteiger partial charge in [0.2, 0.25) is 0 Å². The Morgan fingerprint density at radius 2 is 1.06 bits per heavy atom. The molecular weight excluding hydrogens is 685 g/mol. The van der Waals surface area contributed by atoms with Crippen LogP contribution in [-0.4, -0.2) is 49.9 Å². The van der Waals surface area contributed by atoms with Crippen molar-refractivity contribution in [3.8, 4) is 0 Å². The molecule has 0 aliphatic carbocycles. The monoisotopic (exact) mass is 764 g/mol. The lowest BCUT2D eigenvalue weighted by atomic mass is 10.1. The molecule has 53 heavy (non-hydrogen) atoms. The first-order valence-corrected chi connectivity index (χ1v) is 22.4. The Morgan fingerprint density at radius 3 is 1.58 bits per heavy atom. The Balaban J connectivity index is 4.17. The molecule has 0 amide bonds. The summed E-state index contributed by atoms with van der Waals surface area (Å²) in [6.07, 6.45) is 50.8. The van der Waals surface area contributed by atoms with Crippen LogP contribution < -0.4 is 5.73 Å². The van der Waals surface area contributed by atoms with Crippen molar-refractivity contribution in [2.75, 3.05) is 33.0 Å². The molecule has 2 unspecified atom stereocenters. The molecule has 0 radical (unpaired) electrons. The molecule has 0 saturated heterocycles. The number of carbonyl (C=O) groups is 1. The minimum atomic E-state index is -4.30. The Hall–Kier alpha value is -2.06. The van der Waals surface area contributed by atoms with Crippen LogP contribution in [-0.2, 0) is 27.9 Å². The average Bonchev–Trinajstić information content (AvgIpc) is 3.15. The Morgan fingerprint density at radius 1 is 0.585 bits per heavy atom. The van der Waals surface area contributed by atoms with Crippen LogP contribution in [0.25, 0.3) is 0 Å². The van der Waals surface area contributed by atoms with Gasteiger partial charge in [-0.15, -0.1) is 0 Å². The second-order valence-electron chi connectivity index (χ2n) is 13.5. The molecule has 0 rings (SSSR count).